The van der Waals surface area contributed by atoms with Crippen LogP contribution in [0.15, 0.2) is 36.4 Å². The molecule has 0 bridgehead atoms. The van der Waals surface area contributed by atoms with Gasteiger partial charge in [-0.25, -0.2) is 9.59 Å². The van der Waals surface area contributed by atoms with Gasteiger partial charge in [0.2, 0.25) is 0 Å². The first kappa shape index (κ1) is 20.6. The highest BCUT2D eigenvalue weighted by atomic mass is 19.4. The molecular weight excluding hydrogens is 417 g/mol. The molecule has 4 rings (SSSR count). The zero-order valence-corrected chi connectivity index (χ0v) is 16.4. The normalized spacial score (nSPS) is 17.6. The van der Waals surface area contributed by atoms with Gasteiger partial charge in [0.1, 0.15) is 11.5 Å². The van der Waals surface area contributed by atoms with Gasteiger partial charge >= 0.3 is 18.4 Å². The lowest BCUT2D eigenvalue weighted by atomic mass is 10.0. The number of carbonyl (C=O) groups excluding carboxylic acids is 2. The fourth-order valence-corrected chi connectivity index (χ4v) is 3.49. The summed E-state index contributed by atoms with van der Waals surface area (Å²) >= 11 is 0. The van der Waals surface area contributed by atoms with Crippen LogP contribution in [0.1, 0.15) is 23.6 Å². The third kappa shape index (κ3) is 4.76. The van der Waals surface area contributed by atoms with E-state index in [1.807, 2.05) is 6.07 Å². The first-order valence-corrected chi connectivity index (χ1v) is 9.43. The van der Waals surface area contributed by atoms with E-state index in [1.165, 1.54) is 17.0 Å². The highest BCUT2D eigenvalue weighted by molar-refractivity contribution is 5.95. The van der Waals surface area contributed by atoms with Crippen molar-refractivity contribution < 1.29 is 32.2 Å². The van der Waals surface area contributed by atoms with Crippen LogP contribution in [-0.2, 0) is 6.54 Å². The number of hydrogen-bond donors (Lipinski definition) is 3. The molecule has 4 amide bonds. The number of halogens is 3. The van der Waals surface area contributed by atoms with Gasteiger partial charge in [-0.15, -0.1) is 13.2 Å². The minimum absolute atomic E-state index is 0.221. The molecule has 0 aliphatic carbocycles. The molecule has 0 saturated heterocycles. The molecule has 0 spiro atoms. The number of alkyl halides is 3. The van der Waals surface area contributed by atoms with Crippen molar-refractivity contribution in [3.8, 4) is 11.5 Å². The Labute approximate surface area is 175 Å². The molecular formula is C20H19F3N4O4. The van der Waals surface area contributed by atoms with Crippen LogP contribution < -0.4 is 25.4 Å². The van der Waals surface area contributed by atoms with Crippen molar-refractivity contribution in [3.63, 3.8) is 0 Å². The van der Waals surface area contributed by atoms with E-state index in [2.05, 4.69) is 20.7 Å². The van der Waals surface area contributed by atoms with Crippen LogP contribution in [0.5, 0.6) is 11.5 Å². The Morgan fingerprint density at radius 3 is 2.84 bits per heavy atom. The Kier molecular flexibility index (Phi) is 5.25. The quantitative estimate of drug-likeness (QED) is 0.672. The standard InChI is InChI=1S/C20H19F3N4O4/c1-27-10-11-2-3-12(8-16(11)26-19(27)29)24-18(28)25-15-6-7-30-17-9-13(4-5-14(15)17)31-20(21,22)23/h2-5,8-9,15H,6-7,10H2,1H3,(H,26,29)(H2,24,25,28)/t15-/m1/s1. The predicted molar refractivity (Wildman–Crippen MR) is 105 cm³/mol. The summed E-state index contributed by atoms with van der Waals surface area (Å²) in [5.74, 6) is -0.169. The van der Waals surface area contributed by atoms with Gasteiger partial charge in [-0.3, -0.25) is 0 Å². The number of ether oxygens (including phenoxy) is 2. The molecule has 2 aromatic carbocycles. The van der Waals surface area contributed by atoms with Crippen molar-refractivity contribution in [2.75, 3.05) is 24.3 Å². The van der Waals surface area contributed by atoms with Crippen LogP contribution >= 0.6 is 0 Å². The van der Waals surface area contributed by atoms with E-state index in [-0.39, 0.29) is 18.4 Å². The number of anilines is 2. The van der Waals surface area contributed by atoms with Crippen LogP contribution in [0.3, 0.4) is 0 Å². The minimum Gasteiger partial charge on any atom is -0.493 e. The molecule has 2 aliphatic heterocycles. The zero-order valence-electron chi connectivity index (χ0n) is 16.4. The molecule has 2 heterocycles. The first-order chi connectivity index (χ1) is 14.7. The smallest absolute Gasteiger partial charge is 0.493 e. The van der Waals surface area contributed by atoms with E-state index in [4.69, 9.17) is 4.74 Å². The number of carbonyl (C=O) groups is 2. The van der Waals surface area contributed by atoms with Crippen molar-refractivity contribution in [2.24, 2.45) is 0 Å². The van der Waals surface area contributed by atoms with Gasteiger partial charge in [0, 0.05) is 43.0 Å². The summed E-state index contributed by atoms with van der Waals surface area (Å²) in [5.41, 5.74) is 2.58. The monoisotopic (exact) mass is 436 g/mol. The maximum absolute atomic E-state index is 12.5. The number of urea groups is 2. The number of hydrogen-bond acceptors (Lipinski definition) is 4. The van der Waals surface area contributed by atoms with E-state index < -0.39 is 24.2 Å². The van der Waals surface area contributed by atoms with E-state index in [0.29, 0.717) is 29.9 Å². The van der Waals surface area contributed by atoms with Crippen LogP contribution in [0.4, 0.5) is 34.1 Å². The lowest BCUT2D eigenvalue weighted by Gasteiger charge is -2.28. The number of nitrogens with one attached hydrogen (secondary N) is 3. The second-order valence-corrected chi connectivity index (χ2v) is 7.19. The fourth-order valence-electron chi connectivity index (χ4n) is 3.49. The molecule has 2 aromatic rings. The Balaban J connectivity index is 1.43. The van der Waals surface area contributed by atoms with E-state index in [1.54, 1.807) is 19.2 Å². The number of amides is 4. The average molecular weight is 436 g/mol. The second-order valence-electron chi connectivity index (χ2n) is 7.19. The molecule has 0 fully saturated rings. The Bertz CT molecular complexity index is 1030. The van der Waals surface area contributed by atoms with E-state index >= 15 is 0 Å². The molecule has 0 radical (unpaired) electrons. The summed E-state index contributed by atoms with van der Waals surface area (Å²) in [7, 11) is 1.68. The molecule has 31 heavy (non-hydrogen) atoms. The maximum Gasteiger partial charge on any atom is 0.573 e. The van der Waals surface area contributed by atoms with Crippen LogP contribution in [-0.4, -0.2) is 37.0 Å². The average Bonchev–Trinajstić information content (AvgIpc) is 2.68. The molecule has 164 valence electrons. The largest absolute Gasteiger partial charge is 0.573 e. The molecule has 11 heteroatoms. The molecule has 2 aliphatic rings. The molecule has 1 atom stereocenters. The number of fused-ring (bicyclic) bond motifs is 2. The van der Waals surface area contributed by atoms with Crippen LogP contribution in [0.25, 0.3) is 0 Å². The van der Waals surface area contributed by atoms with Crippen molar-refractivity contribution in [1.82, 2.24) is 10.2 Å². The summed E-state index contributed by atoms with van der Waals surface area (Å²) in [5, 5.41) is 8.25. The lowest BCUT2D eigenvalue weighted by molar-refractivity contribution is -0.274. The number of benzene rings is 2. The van der Waals surface area contributed by atoms with Crippen molar-refractivity contribution >= 4 is 23.4 Å². The SMILES string of the molecule is CN1Cc2ccc(NC(=O)N[C@@H]3CCOc4cc(OC(F)(F)F)ccc43)cc2NC1=O. The maximum atomic E-state index is 12.5. The number of nitrogens with zero attached hydrogens (tertiary/aromatic N) is 1. The lowest BCUT2D eigenvalue weighted by Crippen LogP contribution is -2.36. The molecule has 8 nitrogen and oxygen atoms in total. The van der Waals surface area contributed by atoms with Crippen molar-refractivity contribution in [2.45, 2.75) is 25.4 Å². The minimum atomic E-state index is -4.80. The van der Waals surface area contributed by atoms with Crippen LogP contribution in [0, 0.1) is 0 Å². The summed E-state index contributed by atoms with van der Waals surface area (Å²) in [6.07, 6.45) is -4.35. The first-order valence-electron chi connectivity index (χ1n) is 9.43. The van der Waals surface area contributed by atoms with Gasteiger partial charge in [-0.05, 0) is 29.8 Å². The molecule has 0 saturated carbocycles. The van der Waals surface area contributed by atoms with Gasteiger partial charge in [0.25, 0.3) is 0 Å². The summed E-state index contributed by atoms with van der Waals surface area (Å²) in [6.45, 7) is 0.693. The fraction of sp³-hybridized carbons (Fsp3) is 0.300. The van der Waals surface area contributed by atoms with Gasteiger partial charge in [0.05, 0.1) is 12.6 Å². The second kappa shape index (κ2) is 7.89. The topological polar surface area (TPSA) is 91.9 Å². The third-order valence-corrected chi connectivity index (χ3v) is 4.93. The Hall–Kier alpha value is -3.63. The molecule has 3 N–H and O–H groups in total. The summed E-state index contributed by atoms with van der Waals surface area (Å²) in [4.78, 5) is 25.8. The van der Waals surface area contributed by atoms with E-state index in [0.717, 1.165) is 11.6 Å². The number of rotatable bonds is 3. The van der Waals surface area contributed by atoms with Crippen molar-refractivity contribution in [3.05, 3.63) is 47.5 Å². The molecule has 0 unspecified atom stereocenters. The van der Waals surface area contributed by atoms with Crippen molar-refractivity contribution in [1.29, 1.82) is 0 Å². The van der Waals surface area contributed by atoms with Gasteiger partial charge in [-0.1, -0.05) is 6.07 Å². The Morgan fingerprint density at radius 2 is 2.06 bits per heavy atom. The predicted octanol–water partition coefficient (Wildman–Crippen LogP) is 4.21. The highest BCUT2D eigenvalue weighted by Crippen LogP contribution is 2.36. The van der Waals surface area contributed by atoms with Crippen LogP contribution in [0.2, 0.25) is 0 Å². The van der Waals surface area contributed by atoms with Gasteiger partial charge < -0.3 is 30.3 Å². The van der Waals surface area contributed by atoms with Gasteiger partial charge in [-0.2, -0.15) is 0 Å². The summed E-state index contributed by atoms with van der Waals surface area (Å²) in [6, 6.07) is 7.79. The third-order valence-electron chi connectivity index (χ3n) is 4.93. The zero-order chi connectivity index (χ0) is 22.2. The Morgan fingerprint density at radius 1 is 1.26 bits per heavy atom. The van der Waals surface area contributed by atoms with Gasteiger partial charge in [0.15, 0.2) is 0 Å². The summed E-state index contributed by atoms with van der Waals surface area (Å²) < 4.78 is 46.6. The molecule has 0 aromatic heterocycles. The van der Waals surface area contributed by atoms with E-state index in [9.17, 15) is 22.8 Å². The highest BCUT2D eigenvalue weighted by Gasteiger charge is 2.32.